The molecule has 1 rings (SSSR count). The Bertz CT molecular complexity index is 340. The lowest BCUT2D eigenvalue weighted by Crippen LogP contribution is -2.33. The Hall–Kier alpha value is -0.0900. The van der Waals surface area contributed by atoms with Crippen molar-refractivity contribution < 1.29 is 8.42 Å². The molecule has 1 N–H and O–H groups in total. The highest BCUT2D eigenvalue weighted by atomic mass is 32.2. The summed E-state index contributed by atoms with van der Waals surface area (Å²) in [5.74, 6) is 1.20. The van der Waals surface area contributed by atoms with Crippen molar-refractivity contribution in [3.63, 3.8) is 0 Å². The molecule has 1 aliphatic rings. The van der Waals surface area contributed by atoms with Gasteiger partial charge in [0.05, 0.1) is 5.25 Å². The minimum absolute atomic E-state index is 0.0897. The fourth-order valence-electron chi connectivity index (χ4n) is 3.27. The quantitative estimate of drug-likeness (QED) is 0.810. The van der Waals surface area contributed by atoms with E-state index in [0.29, 0.717) is 17.9 Å². The van der Waals surface area contributed by atoms with Crippen molar-refractivity contribution in [3.8, 4) is 0 Å². The van der Waals surface area contributed by atoms with E-state index in [9.17, 15) is 8.42 Å². The van der Waals surface area contributed by atoms with Gasteiger partial charge in [-0.25, -0.2) is 8.42 Å². The van der Waals surface area contributed by atoms with E-state index in [4.69, 9.17) is 0 Å². The van der Waals surface area contributed by atoms with E-state index < -0.39 is 9.84 Å². The third-order valence-corrected chi connectivity index (χ3v) is 5.99. The molecular weight excluding hydrogens is 246 g/mol. The van der Waals surface area contributed by atoms with Crippen LogP contribution in [0.4, 0.5) is 0 Å². The van der Waals surface area contributed by atoms with Crippen LogP contribution in [0, 0.1) is 11.8 Å². The predicted molar refractivity (Wildman–Crippen MR) is 77.5 cm³/mol. The van der Waals surface area contributed by atoms with E-state index in [2.05, 4.69) is 26.1 Å². The highest BCUT2D eigenvalue weighted by molar-refractivity contribution is 7.91. The third kappa shape index (κ3) is 4.88. The van der Waals surface area contributed by atoms with Crippen LogP contribution in [0.15, 0.2) is 0 Å². The van der Waals surface area contributed by atoms with E-state index in [1.54, 1.807) is 0 Å². The molecule has 0 spiro atoms. The maximum atomic E-state index is 11.7. The second-order valence-corrected chi connectivity index (χ2v) is 8.38. The Kier molecular flexibility index (Phi) is 6.12. The first-order valence-corrected chi connectivity index (χ1v) is 9.22. The van der Waals surface area contributed by atoms with E-state index in [0.717, 1.165) is 32.2 Å². The molecule has 0 radical (unpaired) electrons. The first-order valence-electron chi connectivity index (χ1n) is 7.26. The van der Waals surface area contributed by atoms with Crippen molar-refractivity contribution in [2.24, 2.45) is 11.8 Å². The standard InChI is InChI=1S/C14H29NO2S/c1-5-15-12(3)9-11(2)13-7-6-8-14(10-13)18(4,16)17/h11-15H,5-10H2,1-4H3. The van der Waals surface area contributed by atoms with Crippen molar-refractivity contribution >= 4 is 9.84 Å². The van der Waals surface area contributed by atoms with Gasteiger partial charge in [0, 0.05) is 12.3 Å². The van der Waals surface area contributed by atoms with Crippen LogP contribution in [-0.4, -0.2) is 32.5 Å². The smallest absolute Gasteiger partial charge is 0.150 e. The topological polar surface area (TPSA) is 46.2 Å². The summed E-state index contributed by atoms with van der Waals surface area (Å²) < 4.78 is 23.3. The first-order chi connectivity index (χ1) is 8.34. The second-order valence-electron chi connectivity index (χ2n) is 6.05. The summed E-state index contributed by atoms with van der Waals surface area (Å²) in [5.41, 5.74) is 0. The summed E-state index contributed by atoms with van der Waals surface area (Å²) in [6.07, 6.45) is 6.55. The van der Waals surface area contributed by atoms with Crippen molar-refractivity contribution in [1.29, 1.82) is 0 Å². The largest absolute Gasteiger partial charge is 0.315 e. The van der Waals surface area contributed by atoms with Gasteiger partial charge in [0.15, 0.2) is 0 Å². The minimum Gasteiger partial charge on any atom is -0.315 e. The van der Waals surface area contributed by atoms with Gasteiger partial charge < -0.3 is 5.32 Å². The molecule has 0 heterocycles. The van der Waals surface area contributed by atoms with Crippen LogP contribution in [0.3, 0.4) is 0 Å². The number of sulfone groups is 1. The zero-order chi connectivity index (χ0) is 13.8. The molecule has 4 atom stereocenters. The minimum atomic E-state index is -2.85. The van der Waals surface area contributed by atoms with E-state index in [1.807, 2.05) is 0 Å². The zero-order valence-electron chi connectivity index (χ0n) is 12.3. The Morgan fingerprint density at radius 2 is 1.94 bits per heavy atom. The predicted octanol–water partition coefficient (Wildman–Crippen LogP) is 2.61. The van der Waals surface area contributed by atoms with Crippen molar-refractivity contribution in [2.45, 2.75) is 64.2 Å². The molecule has 0 aromatic rings. The molecule has 0 saturated heterocycles. The summed E-state index contributed by atoms with van der Waals surface area (Å²) in [6.45, 7) is 7.63. The van der Waals surface area contributed by atoms with Gasteiger partial charge in [-0.2, -0.15) is 0 Å². The monoisotopic (exact) mass is 275 g/mol. The molecule has 4 heteroatoms. The molecule has 0 aromatic carbocycles. The number of nitrogens with one attached hydrogen (secondary N) is 1. The fourth-order valence-corrected chi connectivity index (χ4v) is 4.46. The maximum absolute atomic E-state index is 11.7. The molecule has 1 fully saturated rings. The summed E-state index contributed by atoms with van der Waals surface area (Å²) in [7, 11) is -2.85. The van der Waals surface area contributed by atoms with Gasteiger partial charge in [-0.1, -0.05) is 26.7 Å². The Balaban J connectivity index is 2.50. The molecule has 18 heavy (non-hydrogen) atoms. The molecule has 0 aromatic heterocycles. The molecule has 1 saturated carbocycles. The van der Waals surface area contributed by atoms with E-state index in [1.165, 1.54) is 12.7 Å². The molecular formula is C14H29NO2S. The lowest BCUT2D eigenvalue weighted by atomic mass is 9.78. The van der Waals surface area contributed by atoms with Gasteiger partial charge >= 0.3 is 0 Å². The molecule has 108 valence electrons. The fraction of sp³-hybridized carbons (Fsp3) is 1.00. The Morgan fingerprint density at radius 3 is 2.50 bits per heavy atom. The second kappa shape index (κ2) is 6.90. The molecule has 4 unspecified atom stereocenters. The normalized spacial score (nSPS) is 28.9. The van der Waals surface area contributed by atoms with Crippen LogP contribution in [0.5, 0.6) is 0 Å². The summed E-state index contributed by atoms with van der Waals surface area (Å²) in [4.78, 5) is 0. The number of rotatable bonds is 6. The summed E-state index contributed by atoms with van der Waals surface area (Å²) >= 11 is 0. The molecule has 0 bridgehead atoms. The molecule has 0 aliphatic heterocycles. The highest BCUT2D eigenvalue weighted by Gasteiger charge is 2.31. The molecule has 1 aliphatic carbocycles. The summed E-state index contributed by atoms with van der Waals surface area (Å²) in [6, 6.07) is 0.531. The summed E-state index contributed by atoms with van der Waals surface area (Å²) in [5, 5.41) is 3.35. The Morgan fingerprint density at radius 1 is 1.28 bits per heavy atom. The first kappa shape index (κ1) is 16.0. The van der Waals surface area contributed by atoms with Crippen LogP contribution in [0.1, 0.15) is 52.9 Å². The van der Waals surface area contributed by atoms with Crippen LogP contribution < -0.4 is 5.32 Å². The SMILES string of the molecule is CCNC(C)CC(C)C1CCCC(S(C)(=O)=O)C1. The van der Waals surface area contributed by atoms with Crippen LogP contribution in [0.2, 0.25) is 0 Å². The maximum Gasteiger partial charge on any atom is 0.150 e. The van der Waals surface area contributed by atoms with Gasteiger partial charge in [-0.05, 0) is 44.6 Å². The van der Waals surface area contributed by atoms with Gasteiger partial charge in [0.1, 0.15) is 9.84 Å². The Labute approximate surface area is 113 Å². The number of hydrogen-bond acceptors (Lipinski definition) is 3. The average Bonchev–Trinajstić information content (AvgIpc) is 2.28. The van der Waals surface area contributed by atoms with Gasteiger partial charge in [0.2, 0.25) is 0 Å². The molecule has 0 amide bonds. The van der Waals surface area contributed by atoms with Gasteiger partial charge in [-0.15, -0.1) is 0 Å². The number of hydrogen-bond donors (Lipinski definition) is 1. The van der Waals surface area contributed by atoms with Gasteiger partial charge in [-0.3, -0.25) is 0 Å². The van der Waals surface area contributed by atoms with Crippen molar-refractivity contribution in [1.82, 2.24) is 5.32 Å². The zero-order valence-corrected chi connectivity index (χ0v) is 13.1. The van der Waals surface area contributed by atoms with Crippen molar-refractivity contribution in [2.75, 3.05) is 12.8 Å². The van der Waals surface area contributed by atoms with Gasteiger partial charge in [0.25, 0.3) is 0 Å². The van der Waals surface area contributed by atoms with Crippen LogP contribution in [-0.2, 0) is 9.84 Å². The molecule has 3 nitrogen and oxygen atoms in total. The van der Waals surface area contributed by atoms with Crippen LogP contribution in [0.25, 0.3) is 0 Å². The van der Waals surface area contributed by atoms with E-state index in [-0.39, 0.29) is 5.25 Å². The average molecular weight is 275 g/mol. The van der Waals surface area contributed by atoms with Crippen LogP contribution >= 0.6 is 0 Å². The lowest BCUT2D eigenvalue weighted by Gasteiger charge is -2.33. The third-order valence-electron chi connectivity index (χ3n) is 4.35. The van der Waals surface area contributed by atoms with Crippen molar-refractivity contribution in [3.05, 3.63) is 0 Å². The highest BCUT2D eigenvalue weighted by Crippen LogP contribution is 2.34. The lowest BCUT2D eigenvalue weighted by molar-refractivity contribution is 0.238. The van der Waals surface area contributed by atoms with E-state index >= 15 is 0 Å².